The lowest BCUT2D eigenvalue weighted by atomic mass is 9.90. The van der Waals surface area contributed by atoms with E-state index in [1.165, 1.54) is 16.2 Å². The number of aryl methyl sites for hydroxylation is 1. The molecule has 0 spiro atoms. The van der Waals surface area contributed by atoms with Crippen LogP contribution < -0.4 is 9.96 Å². The van der Waals surface area contributed by atoms with Crippen molar-refractivity contribution in [3.63, 3.8) is 0 Å². The van der Waals surface area contributed by atoms with Crippen LogP contribution in [-0.4, -0.2) is 17.9 Å². The van der Waals surface area contributed by atoms with Crippen LogP contribution in [0.25, 0.3) is 0 Å². The maximum absolute atomic E-state index is 13.9. The first-order valence-corrected chi connectivity index (χ1v) is 12.5. The number of amides is 2. The minimum absolute atomic E-state index is 0.324. The summed E-state index contributed by atoms with van der Waals surface area (Å²) in [6.45, 7) is 0. The Balaban J connectivity index is 1.43. The van der Waals surface area contributed by atoms with E-state index in [4.69, 9.17) is 16.4 Å². The van der Waals surface area contributed by atoms with E-state index in [1.54, 1.807) is 17.2 Å². The Morgan fingerprint density at radius 2 is 1.74 bits per heavy atom. The van der Waals surface area contributed by atoms with Crippen LogP contribution in [0.5, 0.6) is 0 Å². The number of hydrogen-bond acceptors (Lipinski definition) is 6. The van der Waals surface area contributed by atoms with Crippen molar-refractivity contribution < 1.29 is 14.4 Å². The molecule has 8 heteroatoms. The summed E-state index contributed by atoms with van der Waals surface area (Å²) in [5, 5.41) is 12.6. The third kappa shape index (κ3) is 3.17. The van der Waals surface area contributed by atoms with Crippen LogP contribution >= 0.6 is 22.9 Å². The Kier molecular flexibility index (Phi) is 5.18. The first kappa shape index (κ1) is 21.4. The van der Waals surface area contributed by atoms with Crippen molar-refractivity contribution in [2.75, 3.05) is 9.96 Å². The molecule has 1 aliphatic carbocycles. The molecular formula is C26H20ClN3O3S. The molecule has 3 unspecified atom stereocenters. The van der Waals surface area contributed by atoms with Gasteiger partial charge in [-0.25, -0.2) is 9.96 Å². The molecule has 6 nitrogen and oxygen atoms in total. The summed E-state index contributed by atoms with van der Waals surface area (Å²) >= 11 is 7.48. The first-order chi connectivity index (χ1) is 16.6. The molecule has 2 aromatic carbocycles. The van der Waals surface area contributed by atoms with Gasteiger partial charge < -0.3 is 0 Å². The zero-order valence-electron chi connectivity index (χ0n) is 18.1. The van der Waals surface area contributed by atoms with Crippen molar-refractivity contribution in [2.45, 2.75) is 37.8 Å². The number of hydroxylamine groups is 1. The maximum Gasteiger partial charge on any atom is 0.267 e. The summed E-state index contributed by atoms with van der Waals surface area (Å²) < 4.78 is 0. The highest BCUT2D eigenvalue weighted by Gasteiger charge is 2.61. The van der Waals surface area contributed by atoms with E-state index in [2.05, 4.69) is 6.07 Å². The Morgan fingerprint density at radius 3 is 2.47 bits per heavy atom. The van der Waals surface area contributed by atoms with Crippen molar-refractivity contribution in [1.29, 1.82) is 5.26 Å². The molecule has 1 aromatic heterocycles. The van der Waals surface area contributed by atoms with Crippen LogP contribution in [0.1, 0.15) is 40.5 Å². The minimum Gasteiger partial charge on any atom is -0.273 e. The van der Waals surface area contributed by atoms with Crippen LogP contribution in [0.3, 0.4) is 0 Å². The summed E-state index contributed by atoms with van der Waals surface area (Å²) in [7, 11) is 0. The van der Waals surface area contributed by atoms with E-state index in [0.717, 1.165) is 41.7 Å². The second-order valence-corrected chi connectivity index (χ2v) is 10.2. The van der Waals surface area contributed by atoms with E-state index in [0.29, 0.717) is 21.3 Å². The van der Waals surface area contributed by atoms with Crippen molar-refractivity contribution in [3.8, 4) is 6.07 Å². The number of fused-ring (bicyclic) bond motifs is 2. The van der Waals surface area contributed by atoms with Crippen LogP contribution in [0, 0.1) is 17.2 Å². The molecule has 3 aromatic rings. The molecule has 0 N–H and O–H groups in total. The van der Waals surface area contributed by atoms with Gasteiger partial charge in [0.2, 0.25) is 5.91 Å². The average Bonchev–Trinajstić information content (AvgIpc) is 3.50. The number of imide groups is 1. The third-order valence-corrected chi connectivity index (χ3v) is 8.33. The number of nitrogens with zero attached hydrogens (tertiary/aromatic N) is 3. The van der Waals surface area contributed by atoms with Gasteiger partial charge in [-0.3, -0.25) is 14.4 Å². The topological polar surface area (TPSA) is 73.6 Å². The fourth-order valence-electron chi connectivity index (χ4n) is 5.24. The van der Waals surface area contributed by atoms with Gasteiger partial charge in [-0.15, -0.1) is 11.3 Å². The maximum atomic E-state index is 13.9. The van der Waals surface area contributed by atoms with Crippen molar-refractivity contribution >= 4 is 45.4 Å². The number of carbonyl (C=O) groups excluding carboxylic acids is 2. The average molecular weight is 490 g/mol. The SMILES string of the molecule is N#Cc1c(N2C(=O)C3ON(c4ccc(Cl)cc4)C(c4ccccc4)C3C2=O)sc2c1CCCC2. The quantitative estimate of drug-likeness (QED) is 0.472. The number of anilines is 2. The Morgan fingerprint density at radius 1 is 1.00 bits per heavy atom. The van der Waals surface area contributed by atoms with E-state index in [1.807, 2.05) is 42.5 Å². The molecule has 2 saturated heterocycles. The fraction of sp³-hybridized carbons (Fsp3) is 0.269. The van der Waals surface area contributed by atoms with Gasteiger partial charge in [-0.1, -0.05) is 41.9 Å². The Bertz CT molecular complexity index is 1330. The highest BCUT2D eigenvalue weighted by molar-refractivity contribution is 7.17. The molecule has 0 radical (unpaired) electrons. The van der Waals surface area contributed by atoms with Gasteiger partial charge >= 0.3 is 0 Å². The standard InChI is InChI=1S/C26H20ClN3O3S/c27-16-10-12-17(13-11-16)30-22(15-6-2-1-3-7-15)21-23(33-30)25(32)29(24(21)31)26-19(14-28)18-8-4-5-9-20(18)34-26/h1-3,6-7,10-13,21-23H,4-5,8-9H2. The molecule has 6 rings (SSSR count). The normalized spacial score (nSPS) is 23.7. The monoisotopic (exact) mass is 489 g/mol. The second kappa shape index (κ2) is 8.24. The molecule has 3 atom stereocenters. The highest BCUT2D eigenvalue weighted by Crippen LogP contribution is 2.50. The predicted octanol–water partition coefficient (Wildman–Crippen LogP) is 5.20. The van der Waals surface area contributed by atoms with E-state index < -0.39 is 24.0 Å². The van der Waals surface area contributed by atoms with E-state index >= 15 is 0 Å². The van der Waals surface area contributed by atoms with Gasteiger partial charge in [0.05, 0.1) is 17.3 Å². The summed E-state index contributed by atoms with van der Waals surface area (Å²) in [6, 6.07) is 18.5. The number of nitriles is 1. The van der Waals surface area contributed by atoms with Gasteiger partial charge in [0.25, 0.3) is 5.91 Å². The fourth-order valence-corrected chi connectivity index (χ4v) is 6.72. The molecule has 34 heavy (non-hydrogen) atoms. The van der Waals surface area contributed by atoms with E-state index in [-0.39, 0.29) is 5.91 Å². The Hall–Kier alpha value is -3.18. The largest absolute Gasteiger partial charge is 0.273 e. The van der Waals surface area contributed by atoms with Crippen LogP contribution in [0.15, 0.2) is 54.6 Å². The number of benzene rings is 2. The number of rotatable bonds is 3. The molecule has 0 bridgehead atoms. The van der Waals surface area contributed by atoms with Gasteiger partial charge in [-0.05, 0) is 61.1 Å². The van der Waals surface area contributed by atoms with Crippen LogP contribution in [0.4, 0.5) is 10.7 Å². The van der Waals surface area contributed by atoms with Gasteiger partial charge in [0.15, 0.2) is 6.10 Å². The smallest absolute Gasteiger partial charge is 0.267 e. The summed E-state index contributed by atoms with van der Waals surface area (Å²) in [6.07, 6.45) is 2.80. The highest BCUT2D eigenvalue weighted by atomic mass is 35.5. The first-order valence-electron chi connectivity index (χ1n) is 11.3. The zero-order chi connectivity index (χ0) is 23.4. The lowest BCUT2D eigenvalue weighted by molar-refractivity contribution is -0.126. The molecule has 0 saturated carbocycles. The van der Waals surface area contributed by atoms with E-state index in [9.17, 15) is 14.9 Å². The van der Waals surface area contributed by atoms with Crippen LogP contribution in [-0.2, 0) is 27.3 Å². The zero-order valence-corrected chi connectivity index (χ0v) is 19.7. The lowest BCUT2D eigenvalue weighted by Gasteiger charge is -2.28. The number of carbonyl (C=O) groups is 2. The molecular weight excluding hydrogens is 470 g/mol. The molecule has 170 valence electrons. The number of hydrogen-bond donors (Lipinski definition) is 0. The molecule has 3 heterocycles. The number of halogens is 1. The van der Waals surface area contributed by atoms with Gasteiger partial charge in [0.1, 0.15) is 17.0 Å². The Labute approximate surface area is 205 Å². The minimum atomic E-state index is -0.959. The number of thiophene rings is 1. The molecule has 2 aliphatic heterocycles. The predicted molar refractivity (Wildman–Crippen MR) is 130 cm³/mol. The summed E-state index contributed by atoms with van der Waals surface area (Å²) in [5.41, 5.74) is 3.05. The summed E-state index contributed by atoms with van der Waals surface area (Å²) in [4.78, 5) is 36.0. The van der Waals surface area contributed by atoms with Crippen molar-refractivity contribution in [3.05, 3.63) is 81.2 Å². The lowest BCUT2D eigenvalue weighted by Crippen LogP contribution is -2.37. The van der Waals surface area contributed by atoms with Crippen molar-refractivity contribution in [1.82, 2.24) is 0 Å². The summed E-state index contributed by atoms with van der Waals surface area (Å²) in [5.74, 6) is -1.46. The van der Waals surface area contributed by atoms with Gasteiger partial charge in [-0.2, -0.15) is 5.26 Å². The molecule has 3 aliphatic rings. The molecule has 2 fully saturated rings. The van der Waals surface area contributed by atoms with Crippen molar-refractivity contribution in [2.24, 2.45) is 5.92 Å². The van der Waals surface area contributed by atoms with Crippen LogP contribution in [0.2, 0.25) is 5.02 Å². The second-order valence-electron chi connectivity index (χ2n) is 8.72. The van der Waals surface area contributed by atoms with Gasteiger partial charge in [0, 0.05) is 9.90 Å². The molecule has 2 amide bonds. The third-order valence-electron chi connectivity index (χ3n) is 6.81.